The van der Waals surface area contributed by atoms with E-state index >= 15 is 0 Å². The van der Waals surface area contributed by atoms with Crippen molar-refractivity contribution in [2.45, 2.75) is 31.2 Å². The Labute approximate surface area is 151 Å². The van der Waals surface area contributed by atoms with Crippen molar-refractivity contribution in [1.29, 1.82) is 0 Å². The maximum atomic E-state index is 12.6. The quantitative estimate of drug-likeness (QED) is 0.768. The fourth-order valence-corrected chi connectivity index (χ4v) is 3.34. The number of carbonyl (C=O) groups is 1. The molecule has 0 fully saturated rings. The summed E-state index contributed by atoms with van der Waals surface area (Å²) < 4.78 is 28.1. The summed E-state index contributed by atoms with van der Waals surface area (Å²) in [7, 11) is 2.81. The molecule has 0 spiro atoms. The standard InChI is InChI=1S/C15H28N4O3S.ClH/c1-11(2)13(16)7-8-19(6)23(21,22)12-9-14(18(5)10-12)15(20)17(3)4;/h9-11,13H,7-8,16H2,1-6H3;1H. The largest absolute Gasteiger partial charge is 0.345 e. The monoisotopic (exact) mass is 380 g/mol. The Morgan fingerprint density at radius 2 is 1.83 bits per heavy atom. The first-order valence-corrected chi connectivity index (χ1v) is 9.02. The van der Waals surface area contributed by atoms with Gasteiger partial charge in [0.2, 0.25) is 10.0 Å². The molecule has 0 saturated carbocycles. The van der Waals surface area contributed by atoms with E-state index in [1.807, 2.05) is 13.8 Å². The van der Waals surface area contributed by atoms with Crippen LogP contribution in [0.15, 0.2) is 17.2 Å². The molecule has 1 amide bonds. The van der Waals surface area contributed by atoms with Crippen LogP contribution < -0.4 is 5.73 Å². The first-order valence-electron chi connectivity index (χ1n) is 7.58. The van der Waals surface area contributed by atoms with E-state index in [1.165, 1.54) is 33.1 Å². The molecule has 1 aromatic heterocycles. The number of aryl methyl sites for hydroxylation is 1. The predicted molar refractivity (Wildman–Crippen MR) is 97.9 cm³/mol. The van der Waals surface area contributed by atoms with E-state index in [0.29, 0.717) is 24.6 Å². The van der Waals surface area contributed by atoms with Crippen LogP contribution in [0.4, 0.5) is 0 Å². The van der Waals surface area contributed by atoms with Gasteiger partial charge in [0.15, 0.2) is 0 Å². The number of aromatic nitrogens is 1. The molecule has 1 heterocycles. The summed E-state index contributed by atoms with van der Waals surface area (Å²) in [5.41, 5.74) is 6.31. The molecule has 0 aliphatic carbocycles. The molecule has 0 aliphatic heterocycles. The van der Waals surface area contributed by atoms with Crippen molar-refractivity contribution in [2.24, 2.45) is 18.7 Å². The smallest absolute Gasteiger partial charge is 0.269 e. The molecule has 2 N–H and O–H groups in total. The van der Waals surface area contributed by atoms with E-state index in [9.17, 15) is 13.2 Å². The molecule has 0 aliphatic rings. The van der Waals surface area contributed by atoms with E-state index in [2.05, 4.69) is 0 Å². The van der Waals surface area contributed by atoms with Gasteiger partial charge in [0, 0.05) is 47.0 Å². The third-order valence-corrected chi connectivity index (χ3v) is 5.77. The summed E-state index contributed by atoms with van der Waals surface area (Å²) in [5.74, 6) is 0.0607. The SMILES string of the molecule is CC(C)C(N)CCN(C)S(=O)(=O)c1cc(C(=O)N(C)C)n(C)c1.Cl. The summed E-state index contributed by atoms with van der Waals surface area (Å²) in [5, 5.41) is 0. The van der Waals surface area contributed by atoms with Gasteiger partial charge in [-0.15, -0.1) is 12.4 Å². The molecule has 1 rings (SSSR count). The fraction of sp³-hybridized carbons (Fsp3) is 0.667. The highest BCUT2D eigenvalue weighted by Gasteiger charge is 2.25. The molecule has 0 radical (unpaired) electrons. The van der Waals surface area contributed by atoms with Crippen LogP contribution in [0.2, 0.25) is 0 Å². The highest BCUT2D eigenvalue weighted by molar-refractivity contribution is 7.89. The second-order valence-electron chi connectivity index (χ2n) is 6.39. The van der Waals surface area contributed by atoms with Gasteiger partial charge in [-0.1, -0.05) is 13.8 Å². The Bertz CT molecular complexity index is 656. The Morgan fingerprint density at radius 3 is 2.29 bits per heavy atom. The van der Waals surface area contributed by atoms with Gasteiger partial charge in [0.25, 0.3) is 5.91 Å². The zero-order chi connectivity index (χ0) is 17.9. The van der Waals surface area contributed by atoms with Gasteiger partial charge in [-0.05, 0) is 18.4 Å². The van der Waals surface area contributed by atoms with Gasteiger partial charge < -0.3 is 15.2 Å². The van der Waals surface area contributed by atoms with E-state index in [-0.39, 0.29) is 29.3 Å². The van der Waals surface area contributed by atoms with Crippen LogP contribution in [-0.2, 0) is 17.1 Å². The van der Waals surface area contributed by atoms with Crippen LogP contribution >= 0.6 is 12.4 Å². The van der Waals surface area contributed by atoms with Crippen molar-refractivity contribution in [3.05, 3.63) is 18.0 Å². The van der Waals surface area contributed by atoms with Crippen molar-refractivity contribution < 1.29 is 13.2 Å². The highest BCUT2D eigenvalue weighted by Crippen LogP contribution is 2.19. The fourth-order valence-electron chi connectivity index (χ4n) is 2.08. The Morgan fingerprint density at radius 1 is 1.29 bits per heavy atom. The number of hydrogen-bond donors (Lipinski definition) is 1. The molecule has 9 heteroatoms. The zero-order valence-corrected chi connectivity index (χ0v) is 16.8. The number of sulfonamides is 1. The molecule has 0 aromatic carbocycles. The summed E-state index contributed by atoms with van der Waals surface area (Å²) >= 11 is 0. The zero-order valence-electron chi connectivity index (χ0n) is 15.2. The van der Waals surface area contributed by atoms with Crippen LogP contribution in [0.3, 0.4) is 0 Å². The third kappa shape index (κ3) is 5.20. The summed E-state index contributed by atoms with van der Waals surface area (Å²) in [6, 6.07) is 1.37. The molecule has 0 saturated heterocycles. The number of halogens is 1. The lowest BCUT2D eigenvalue weighted by atomic mass is 10.0. The van der Waals surface area contributed by atoms with Crippen LogP contribution in [0.5, 0.6) is 0 Å². The maximum Gasteiger partial charge on any atom is 0.269 e. The molecule has 1 unspecified atom stereocenters. The molecule has 140 valence electrons. The van der Waals surface area contributed by atoms with Crippen LogP contribution in [0.1, 0.15) is 30.8 Å². The highest BCUT2D eigenvalue weighted by atomic mass is 35.5. The summed E-state index contributed by atoms with van der Waals surface area (Å²) in [6.45, 7) is 4.36. The van der Waals surface area contributed by atoms with Crippen molar-refractivity contribution in [2.75, 3.05) is 27.7 Å². The molecule has 7 nitrogen and oxygen atoms in total. The Hall–Kier alpha value is -1.09. The van der Waals surface area contributed by atoms with Crippen molar-refractivity contribution in [3.8, 4) is 0 Å². The minimum absolute atomic E-state index is 0. The van der Waals surface area contributed by atoms with Gasteiger partial charge in [0.05, 0.1) is 0 Å². The van der Waals surface area contributed by atoms with Gasteiger partial charge >= 0.3 is 0 Å². The predicted octanol–water partition coefficient (Wildman–Crippen LogP) is 1.14. The number of nitrogens with zero attached hydrogens (tertiary/aromatic N) is 3. The first kappa shape index (κ1) is 22.9. The first-order chi connectivity index (χ1) is 10.5. The normalized spacial score (nSPS) is 13.0. The van der Waals surface area contributed by atoms with E-state index < -0.39 is 10.0 Å². The van der Waals surface area contributed by atoms with E-state index in [4.69, 9.17) is 5.73 Å². The Kier molecular flexibility index (Phi) is 8.44. The van der Waals surface area contributed by atoms with E-state index in [1.54, 1.807) is 21.1 Å². The molecular formula is C15H29ClN4O3S. The molecule has 24 heavy (non-hydrogen) atoms. The average molecular weight is 381 g/mol. The summed E-state index contributed by atoms with van der Waals surface area (Å²) in [6.07, 6.45) is 2.05. The lowest BCUT2D eigenvalue weighted by molar-refractivity contribution is 0.0818. The van der Waals surface area contributed by atoms with Crippen molar-refractivity contribution in [1.82, 2.24) is 13.8 Å². The minimum atomic E-state index is -3.64. The maximum absolute atomic E-state index is 12.6. The number of amides is 1. The molecular weight excluding hydrogens is 352 g/mol. The van der Waals surface area contributed by atoms with E-state index in [0.717, 1.165) is 0 Å². The lowest BCUT2D eigenvalue weighted by Gasteiger charge is -2.20. The van der Waals surface area contributed by atoms with Crippen LogP contribution in [-0.4, -0.2) is 61.8 Å². The topological polar surface area (TPSA) is 88.6 Å². The van der Waals surface area contributed by atoms with Gasteiger partial charge in [-0.3, -0.25) is 4.79 Å². The lowest BCUT2D eigenvalue weighted by Crippen LogP contribution is -2.34. The van der Waals surface area contributed by atoms with Gasteiger partial charge in [-0.25, -0.2) is 12.7 Å². The second-order valence-corrected chi connectivity index (χ2v) is 8.44. The number of carbonyl (C=O) groups excluding carboxylic acids is 1. The average Bonchev–Trinajstić information content (AvgIpc) is 2.85. The van der Waals surface area contributed by atoms with Crippen molar-refractivity contribution in [3.63, 3.8) is 0 Å². The number of hydrogen-bond acceptors (Lipinski definition) is 4. The minimum Gasteiger partial charge on any atom is -0.345 e. The summed E-state index contributed by atoms with van der Waals surface area (Å²) in [4.78, 5) is 13.6. The van der Waals surface area contributed by atoms with Gasteiger partial charge in [0.1, 0.15) is 10.6 Å². The third-order valence-electron chi connectivity index (χ3n) is 3.95. The van der Waals surface area contributed by atoms with Crippen LogP contribution in [0.25, 0.3) is 0 Å². The molecule has 0 bridgehead atoms. The second kappa shape index (κ2) is 8.84. The van der Waals surface area contributed by atoms with Crippen molar-refractivity contribution >= 4 is 28.3 Å². The number of rotatable bonds is 7. The number of nitrogens with two attached hydrogens (primary N) is 1. The molecule has 1 aromatic rings. The van der Waals surface area contributed by atoms with Gasteiger partial charge in [-0.2, -0.15) is 0 Å². The Balaban J connectivity index is 0.00000529. The molecule has 1 atom stereocenters. The van der Waals surface area contributed by atoms with Crippen LogP contribution in [0, 0.1) is 5.92 Å².